The normalized spacial score (nSPS) is 10.8. The van der Waals surface area contributed by atoms with E-state index in [0.29, 0.717) is 37.7 Å². The van der Waals surface area contributed by atoms with Crippen LogP contribution in [0.2, 0.25) is 5.02 Å². The molecule has 0 spiro atoms. The van der Waals surface area contributed by atoms with Crippen LogP contribution in [0, 0.1) is 0 Å². The molecule has 1 heterocycles. The molecule has 0 unspecified atom stereocenters. The summed E-state index contributed by atoms with van der Waals surface area (Å²) < 4.78 is 6.46. The lowest BCUT2D eigenvalue weighted by Gasteiger charge is -2.06. The van der Waals surface area contributed by atoms with Gasteiger partial charge in [-0.25, -0.2) is 4.98 Å². The highest BCUT2D eigenvalue weighted by Crippen LogP contribution is 2.27. The fourth-order valence-corrected chi connectivity index (χ4v) is 3.05. The Morgan fingerprint density at radius 2 is 1.85 bits per heavy atom. The molecular formula is C20H12BrClN2O2. The molecule has 0 saturated carbocycles. The van der Waals surface area contributed by atoms with Crippen molar-refractivity contribution >= 4 is 50.2 Å². The van der Waals surface area contributed by atoms with Crippen LogP contribution in [0.3, 0.4) is 0 Å². The minimum absolute atomic E-state index is 0.228. The van der Waals surface area contributed by atoms with E-state index in [0.717, 1.165) is 5.56 Å². The number of anilines is 1. The Balaban J connectivity index is 1.61. The van der Waals surface area contributed by atoms with Crippen molar-refractivity contribution in [3.8, 4) is 11.5 Å². The van der Waals surface area contributed by atoms with E-state index in [1.165, 1.54) is 0 Å². The number of nitrogens with zero attached hydrogens (tertiary/aromatic N) is 1. The van der Waals surface area contributed by atoms with Crippen LogP contribution in [0.1, 0.15) is 10.4 Å². The monoisotopic (exact) mass is 426 g/mol. The van der Waals surface area contributed by atoms with Gasteiger partial charge in [0.1, 0.15) is 5.52 Å². The number of carbonyl (C=O) groups is 1. The molecule has 128 valence electrons. The third-order valence-corrected chi connectivity index (χ3v) is 5.06. The standard InChI is InChI=1S/C20H12BrClN2O2/c21-15-10-13(6-8-16(15)22)19(25)23-14-7-9-18-17(11-14)24-20(26-18)12-4-2-1-3-5-12/h1-11H,(H,23,25). The second-order valence-corrected chi connectivity index (χ2v) is 6.91. The Labute approximate surface area is 162 Å². The molecule has 4 aromatic rings. The van der Waals surface area contributed by atoms with Crippen LogP contribution in [0.25, 0.3) is 22.6 Å². The van der Waals surface area contributed by atoms with Crippen LogP contribution in [0.15, 0.2) is 75.6 Å². The van der Waals surface area contributed by atoms with Crippen molar-refractivity contribution in [2.45, 2.75) is 0 Å². The van der Waals surface area contributed by atoms with Crippen molar-refractivity contribution in [2.75, 3.05) is 5.32 Å². The molecule has 0 aliphatic rings. The highest BCUT2D eigenvalue weighted by Gasteiger charge is 2.11. The van der Waals surface area contributed by atoms with Gasteiger partial charge in [-0.2, -0.15) is 0 Å². The van der Waals surface area contributed by atoms with Crippen LogP contribution < -0.4 is 5.32 Å². The van der Waals surface area contributed by atoms with Crippen molar-refractivity contribution in [1.82, 2.24) is 4.98 Å². The Morgan fingerprint density at radius 1 is 1.04 bits per heavy atom. The first-order chi connectivity index (χ1) is 12.6. The molecule has 0 bridgehead atoms. The number of amides is 1. The summed E-state index contributed by atoms with van der Waals surface area (Å²) >= 11 is 9.29. The van der Waals surface area contributed by atoms with E-state index in [-0.39, 0.29) is 5.91 Å². The highest BCUT2D eigenvalue weighted by atomic mass is 79.9. The average Bonchev–Trinajstić information content (AvgIpc) is 3.08. The summed E-state index contributed by atoms with van der Waals surface area (Å²) in [6.45, 7) is 0. The van der Waals surface area contributed by atoms with Gasteiger partial charge in [-0.15, -0.1) is 0 Å². The number of aromatic nitrogens is 1. The Kier molecular flexibility index (Phi) is 4.49. The average molecular weight is 428 g/mol. The number of nitrogens with one attached hydrogen (secondary N) is 1. The maximum absolute atomic E-state index is 12.4. The lowest BCUT2D eigenvalue weighted by molar-refractivity contribution is 0.102. The van der Waals surface area contributed by atoms with Crippen LogP contribution in [0.4, 0.5) is 5.69 Å². The topological polar surface area (TPSA) is 55.1 Å². The molecule has 0 saturated heterocycles. The fourth-order valence-electron chi connectivity index (χ4n) is 2.55. The first-order valence-electron chi connectivity index (χ1n) is 7.82. The summed E-state index contributed by atoms with van der Waals surface area (Å²) in [5, 5.41) is 3.42. The minimum atomic E-state index is -0.228. The van der Waals surface area contributed by atoms with E-state index >= 15 is 0 Å². The molecular weight excluding hydrogens is 416 g/mol. The van der Waals surface area contributed by atoms with Gasteiger partial charge in [0, 0.05) is 21.3 Å². The Bertz CT molecular complexity index is 1110. The van der Waals surface area contributed by atoms with Crippen molar-refractivity contribution in [3.05, 3.63) is 81.8 Å². The van der Waals surface area contributed by atoms with Gasteiger partial charge in [0.15, 0.2) is 5.58 Å². The molecule has 0 radical (unpaired) electrons. The van der Waals surface area contributed by atoms with E-state index in [1.807, 2.05) is 30.3 Å². The zero-order valence-corrected chi connectivity index (χ0v) is 15.7. The second-order valence-electron chi connectivity index (χ2n) is 5.65. The summed E-state index contributed by atoms with van der Waals surface area (Å²) in [5.41, 5.74) is 3.39. The number of hydrogen-bond donors (Lipinski definition) is 1. The molecule has 4 rings (SSSR count). The molecule has 6 heteroatoms. The quantitative estimate of drug-likeness (QED) is 0.426. The maximum Gasteiger partial charge on any atom is 0.255 e. The number of carbonyl (C=O) groups excluding carboxylic acids is 1. The molecule has 1 amide bonds. The van der Waals surface area contributed by atoms with Gasteiger partial charge in [-0.1, -0.05) is 29.8 Å². The van der Waals surface area contributed by atoms with Crippen LogP contribution in [-0.2, 0) is 0 Å². The molecule has 0 atom stereocenters. The van der Waals surface area contributed by atoms with E-state index in [2.05, 4.69) is 26.2 Å². The number of oxazole rings is 1. The molecule has 4 nitrogen and oxygen atoms in total. The third kappa shape index (κ3) is 3.36. The molecule has 0 aliphatic carbocycles. The summed E-state index contributed by atoms with van der Waals surface area (Å²) in [5.74, 6) is 0.319. The van der Waals surface area contributed by atoms with Gasteiger partial charge >= 0.3 is 0 Å². The first kappa shape index (κ1) is 16.8. The minimum Gasteiger partial charge on any atom is -0.436 e. The molecule has 26 heavy (non-hydrogen) atoms. The number of hydrogen-bond acceptors (Lipinski definition) is 3. The van der Waals surface area contributed by atoms with Crippen LogP contribution >= 0.6 is 27.5 Å². The maximum atomic E-state index is 12.4. The predicted octanol–water partition coefficient (Wildman–Crippen LogP) is 6.16. The summed E-state index contributed by atoms with van der Waals surface area (Å²) in [6.07, 6.45) is 0. The largest absolute Gasteiger partial charge is 0.436 e. The molecule has 1 N–H and O–H groups in total. The lowest BCUT2D eigenvalue weighted by Crippen LogP contribution is -2.11. The van der Waals surface area contributed by atoms with Gasteiger partial charge in [0.2, 0.25) is 5.89 Å². The first-order valence-corrected chi connectivity index (χ1v) is 9.00. The van der Waals surface area contributed by atoms with E-state index in [9.17, 15) is 4.79 Å². The van der Waals surface area contributed by atoms with Gasteiger partial charge in [0.05, 0.1) is 5.02 Å². The number of benzene rings is 3. The zero-order valence-electron chi connectivity index (χ0n) is 13.4. The van der Waals surface area contributed by atoms with Crippen molar-refractivity contribution < 1.29 is 9.21 Å². The van der Waals surface area contributed by atoms with Crippen LogP contribution in [-0.4, -0.2) is 10.9 Å². The second kappa shape index (κ2) is 6.94. The smallest absolute Gasteiger partial charge is 0.255 e. The van der Waals surface area contributed by atoms with Crippen molar-refractivity contribution in [2.24, 2.45) is 0 Å². The number of halogens is 2. The van der Waals surface area contributed by atoms with E-state index < -0.39 is 0 Å². The molecule has 0 fully saturated rings. The van der Waals surface area contributed by atoms with Gasteiger partial charge in [0.25, 0.3) is 5.91 Å². The van der Waals surface area contributed by atoms with Gasteiger partial charge in [-0.05, 0) is 64.5 Å². The third-order valence-electron chi connectivity index (χ3n) is 3.85. The summed E-state index contributed by atoms with van der Waals surface area (Å²) in [7, 11) is 0. The predicted molar refractivity (Wildman–Crippen MR) is 107 cm³/mol. The van der Waals surface area contributed by atoms with Crippen LogP contribution in [0.5, 0.6) is 0 Å². The molecule has 1 aromatic heterocycles. The zero-order chi connectivity index (χ0) is 18.1. The highest BCUT2D eigenvalue weighted by molar-refractivity contribution is 9.10. The van der Waals surface area contributed by atoms with Crippen molar-refractivity contribution in [1.29, 1.82) is 0 Å². The summed E-state index contributed by atoms with van der Waals surface area (Å²) in [6, 6.07) is 20.1. The van der Waals surface area contributed by atoms with Gasteiger partial charge < -0.3 is 9.73 Å². The van der Waals surface area contributed by atoms with Crippen molar-refractivity contribution in [3.63, 3.8) is 0 Å². The number of fused-ring (bicyclic) bond motifs is 1. The van der Waals surface area contributed by atoms with E-state index in [1.54, 1.807) is 36.4 Å². The molecule has 3 aromatic carbocycles. The van der Waals surface area contributed by atoms with Gasteiger partial charge in [-0.3, -0.25) is 4.79 Å². The fraction of sp³-hybridized carbons (Fsp3) is 0. The summed E-state index contributed by atoms with van der Waals surface area (Å²) in [4.78, 5) is 16.9. The Hall–Kier alpha value is -2.63. The Morgan fingerprint density at radius 3 is 2.62 bits per heavy atom. The lowest BCUT2D eigenvalue weighted by atomic mass is 10.2. The molecule has 0 aliphatic heterocycles. The number of rotatable bonds is 3. The SMILES string of the molecule is O=C(Nc1ccc2oc(-c3ccccc3)nc2c1)c1ccc(Cl)c(Br)c1. The van der Waals surface area contributed by atoms with E-state index in [4.69, 9.17) is 16.0 Å².